The van der Waals surface area contributed by atoms with Crippen LogP contribution in [-0.4, -0.2) is 18.1 Å². The van der Waals surface area contributed by atoms with Crippen LogP contribution in [0, 0.1) is 17.2 Å². The van der Waals surface area contributed by atoms with Crippen LogP contribution >= 0.6 is 11.8 Å². The Bertz CT molecular complexity index is 502. The Morgan fingerprint density at radius 3 is 2.60 bits per heavy atom. The van der Waals surface area contributed by atoms with Gasteiger partial charge in [-0.25, -0.2) is 0 Å². The summed E-state index contributed by atoms with van der Waals surface area (Å²) in [5.41, 5.74) is -0.630. The molecule has 1 N–H and O–H groups in total. The molecular weight excluding hydrogens is 285 g/mol. The van der Waals surface area contributed by atoms with E-state index in [4.69, 9.17) is 5.26 Å². The van der Waals surface area contributed by atoms with Crippen LogP contribution in [0.5, 0.6) is 0 Å². The fraction of sp³-hybridized carbons (Fsp3) is 0.500. The lowest BCUT2D eigenvalue weighted by Crippen LogP contribution is -2.19. The van der Waals surface area contributed by atoms with Gasteiger partial charge in [0.05, 0.1) is 17.2 Å². The van der Waals surface area contributed by atoms with E-state index in [1.807, 2.05) is 11.8 Å². The number of thioether (sulfide) groups is 1. The van der Waals surface area contributed by atoms with E-state index in [1.165, 1.54) is 12.1 Å². The standard InChI is InChI=1S/C14H15F3N2S/c15-14(16,17)13-2-1-12(7-11(13)8-18)19-9-10-3-5-20-6-4-10/h1-2,7,10,19H,3-6,9H2. The van der Waals surface area contributed by atoms with Crippen LogP contribution in [-0.2, 0) is 6.18 Å². The topological polar surface area (TPSA) is 35.8 Å². The number of hydrogen-bond acceptors (Lipinski definition) is 3. The Kier molecular flexibility index (Phi) is 4.81. The van der Waals surface area contributed by atoms with Crippen LogP contribution in [0.4, 0.5) is 18.9 Å². The van der Waals surface area contributed by atoms with E-state index in [0.29, 0.717) is 11.6 Å². The summed E-state index contributed by atoms with van der Waals surface area (Å²) in [5.74, 6) is 2.84. The van der Waals surface area contributed by atoms with Crippen molar-refractivity contribution in [3.8, 4) is 6.07 Å². The normalized spacial score (nSPS) is 16.7. The Balaban J connectivity index is 2.04. The van der Waals surface area contributed by atoms with E-state index < -0.39 is 11.7 Å². The second-order valence-corrected chi connectivity index (χ2v) is 6.03. The van der Waals surface area contributed by atoms with E-state index in [9.17, 15) is 13.2 Å². The summed E-state index contributed by atoms with van der Waals surface area (Å²) in [7, 11) is 0. The average Bonchev–Trinajstić information content (AvgIpc) is 2.45. The Labute approximate surface area is 120 Å². The van der Waals surface area contributed by atoms with Crippen LogP contribution < -0.4 is 5.32 Å². The van der Waals surface area contributed by atoms with Crippen LogP contribution in [0.2, 0.25) is 0 Å². The molecule has 6 heteroatoms. The molecule has 0 aromatic heterocycles. The molecule has 0 aliphatic carbocycles. The minimum absolute atomic E-state index is 0.332. The van der Waals surface area contributed by atoms with Crippen molar-refractivity contribution in [3.05, 3.63) is 29.3 Å². The summed E-state index contributed by atoms with van der Waals surface area (Å²) in [6.07, 6.45) is -2.23. The predicted molar refractivity (Wildman–Crippen MR) is 74.7 cm³/mol. The molecule has 0 atom stereocenters. The Hall–Kier alpha value is -1.35. The third-order valence-corrected chi connectivity index (χ3v) is 4.43. The number of alkyl halides is 3. The van der Waals surface area contributed by atoms with Crippen molar-refractivity contribution in [2.45, 2.75) is 19.0 Å². The quantitative estimate of drug-likeness (QED) is 0.911. The third-order valence-electron chi connectivity index (χ3n) is 3.38. The number of halogens is 3. The number of hydrogen-bond donors (Lipinski definition) is 1. The van der Waals surface area contributed by atoms with Crippen molar-refractivity contribution >= 4 is 17.4 Å². The number of anilines is 1. The lowest BCUT2D eigenvalue weighted by atomic mass is 10.0. The van der Waals surface area contributed by atoms with Gasteiger partial charge in [-0.2, -0.15) is 30.2 Å². The summed E-state index contributed by atoms with van der Waals surface area (Å²) < 4.78 is 38.0. The van der Waals surface area contributed by atoms with E-state index in [1.54, 1.807) is 6.07 Å². The van der Waals surface area contributed by atoms with Crippen molar-refractivity contribution in [2.24, 2.45) is 5.92 Å². The molecule has 0 unspecified atom stereocenters. The highest BCUT2D eigenvalue weighted by Crippen LogP contribution is 2.33. The first-order chi connectivity index (χ1) is 9.50. The molecule has 0 bridgehead atoms. The minimum atomic E-state index is -4.48. The molecule has 1 aromatic carbocycles. The van der Waals surface area contributed by atoms with Gasteiger partial charge in [0.1, 0.15) is 0 Å². The fourth-order valence-electron chi connectivity index (χ4n) is 2.21. The molecule has 1 aromatic rings. The number of rotatable bonds is 3. The van der Waals surface area contributed by atoms with Crippen molar-refractivity contribution in [3.63, 3.8) is 0 Å². The molecule has 20 heavy (non-hydrogen) atoms. The molecule has 1 heterocycles. The summed E-state index contributed by atoms with van der Waals surface area (Å²) >= 11 is 1.94. The van der Waals surface area contributed by atoms with E-state index >= 15 is 0 Å². The Morgan fingerprint density at radius 2 is 2.00 bits per heavy atom. The summed E-state index contributed by atoms with van der Waals surface area (Å²) in [6, 6.07) is 5.26. The molecule has 0 radical (unpaired) electrons. The molecule has 108 valence electrons. The third kappa shape index (κ3) is 3.83. The zero-order valence-corrected chi connectivity index (χ0v) is 11.7. The van der Waals surface area contributed by atoms with Gasteiger partial charge < -0.3 is 5.32 Å². The monoisotopic (exact) mass is 300 g/mol. The number of nitrogens with one attached hydrogen (secondary N) is 1. The Morgan fingerprint density at radius 1 is 1.30 bits per heavy atom. The minimum Gasteiger partial charge on any atom is -0.385 e. The molecule has 1 aliphatic heterocycles. The number of nitrogens with zero attached hydrogens (tertiary/aromatic N) is 1. The maximum absolute atomic E-state index is 12.7. The summed E-state index contributed by atoms with van der Waals surface area (Å²) in [4.78, 5) is 0. The molecule has 0 amide bonds. The van der Waals surface area contributed by atoms with E-state index in [0.717, 1.165) is 37.0 Å². The number of benzene rings is 1. The average molecular weight is 300 g/mol. The van der Waals surface area contributed by atoms with E-state index in [2.05, 4.69) is 5.32 Å². The van der Waals surface area contributed by atoms with E-state index in [-0.39, 0.29) is 5.56 Å². The van der Waals surface area contributed by atoms with Crippen molar-refractivity contribution in [1.29, 1.82) is 5.26 Å². The predicted octanol–water partition coefficient (Wildman–Crippen LogP) is 4.13. The van der Waals surface area contributed by atoms with Crippen LogP contribution in [0.3, 0.4) is 0 Å². The van der Waals surface area contributed by atoms with Gasteiger partial charge in [0.25, 0.3) is 0 Å². The first kappa shape index (κ1) is 15.0. The maximum Gasteiger partial charge on any atom is 0.417 e. The van der Waals surface area contributed by atoms with Gasteiger partial charge >= 0.3 is 6.18 Å². The van der Waals surface area contributed by atoms with Crippen LogP contribution in [0.1, 0.15) is 24.0 Å². The maximum atomic E-state index is 12.7. The summed E-state index contributed by atoms with van der Waals surface area (Å²) in [6.45, 7) is 0.747. The van der Waals surface area contributed by atoms with Gasteiger partial charge in [-0.05, 0) is 48.5 Å². The zero-order valence-electron chi connectivity index (χ0n) is 10.8. The smallest absolute Gasteiger partial charge is 0.385 e. The highest BCUT2D eigenvalue weighted by Gasteiger charge is 2.33. The highest BCUT2D eigenvalue weighted by molar-refractivity contribution is 7.99. The van der Waals surface area contributed by atoms with Gasteiger partial charge in [0, 0.05) is 12.2 Å². The van der Waals surface area contributed by atoms with Crippen molar-refractivity contribution in [1.82, 2.24) is 0 Å². The van der Waals surface area contributed by atoms with Gasteiger partial charge in [0.15, 0.2) is 0 Å². The first-order valence-corrected chi connectivity index (χ1v) is 7.59. The molecule has 1 fully saturated rings. The fourth-order valence-corrected chi connectivity index (χ4v) is 3.41. The zero-order chi connectivity index (χ0) is 14.6. The van der Waals surface area contributed by atoms with Gasteiger partial charge in [-0.1, -0.05) is 0 Å². The number of nitriles is 1. The van der Waals surface area contributed by atoms with Crippen LogP contribution in [0.25, 0.3) is 0 Å². The molecule has 1 saturated heterocycles. The molecule has 0 saturated carbocycles. The second kappa shape index (κ2) is 6.40. The van der Waals surface area contributed by atoms with Gasteiger partial charge in [-0.3, -0.25) is 0 Å². The summed E-state index contributed by atoms with van der Waals surface area (Å²) in [5, 5.41) is 12.0. The van der Waals surface area contributed by atoms with Gasteiger partial charge in [0.2, 0.25) is 0 Å². The molecule has 2 nitrogen and oxygen atoms in total. The largest absolute Gasteiger partial charge is 0.417 e. The lowest BCUT2D eigenvalue weighted by Gasteiger charge is -2.22. The second-order valence-electron chi connectivity index (χ2n) is 4.81. The molecule has 1 aliphatic rings. The SMILES string of the molecule is N#Cc1cc(NCC2CCSCC2)ccc1C(F)(F)F. The van der Waals surface area contributed by atoms with Crippen LogP contribution in [0.15, 0.2) is 18.2 Å². The molecule has 2 rings (SSSR count). The molecular formula is C14H15F3N2S. The highest BCUT2D eigenvalue weighted by atomic mass is 32.2. The lowest BCUT2D eigenvalue weighted by molar-refractivity contribution is -0.137. The van der Waals surface area contributed by atoms with Crippen molar-refractivity contribution in [2.75, 3.05) is 23.4 Å². The molecule has 0 spiro atoms. The first-order valence-electron chi connectivity index (χ1n) is 6.43. The van der Waals surface area contributed by atoms with Gasteiger partial charge in [-0.15, -0.1) is 0 Å². The van der Waals surface area contributed by atoms with Crippen molar-refractivity contribution < 1.29 is 13.2 Å².